The van der Waals surface area contributed by atoms with Crippen LogP contribution in [0, 0.1) is 0 Å². The Kier molecular flexibility index (Phi) is 3.91. The number of carboxylic acid groups (broad SMARTS) is 1. The zero-order valence-electron chi connectivity index (χ0n) is 9.70. The monoisotopic (exact) mass is 385 g/mol. The first kappa shape index (κ1) is 14.0. The van der Waals surface area contributed by atoms with Gasteiger partial charge in [0.15, 0.2) is 11.5 Å². The van der Waals surface area contributed by atoms with Crippen molar-refractivity contribution in [3.63, 3.8) is 0 Å². The van der Waals surface area contributed by atoms with Crippen molar-refractivity contribution in [3.8, 4) is 0 Å². The van der Waals surface area contributed by atoms with Gasteiger partial charge >= 0.3 is 0 Å². The molecular weight excluding hydrogens is 380 g/mol. The molecule has 1 heterocycles. The van der Waals surface area contributed by atoms with E-state index in [9.17, 15) is 14.7 Å². The van der Waals surface area contributed by atoms with E-state index in [1.54, 1.807) is 24.3 Å². The van der Waals surface area contributed by atoms with Crippen molar-refractivity contribution in [3.05, 3.63) is 50.1 Å². The molecule has 0 aromatic heterocycles. The fourth-order valence-corrected chi connectivity index (χ4v) is 2.28. The molecule has 0 unspecified atom stereocenters. The van der Waals surface area contributed by atoms with Gasteiger partial charge in [-0.05, 0) is 35.0 Å². The lowest BCUT2D eigenvalue weighted by atomic mass is 10.1. The second-order valence-electron chi connectivity index (χ2n) is 3.82. The molecule has 1 aromatic rings. The molecule has 0 N–H and O–H groups in total. The molecule has 0 amide bonds. The van der Waals surface area contributed by atoms with Crippen molar-refractivity contribution in [1.82, 2.24) is 0 Å². The second-order valence-corrected chi connectivity index (χ2v) is 5.53. The number of rotatable bonds is 2. The number of benzene rings is 1. The molecule has 0 saturated heterocycles. The molecule has 98 valence electrons. The summed E-state index contributed by atoms with van der Waals surface area (Å²) in [6, 6.07) is 7.10. The van der Waals surface area contributed by atoms with E-state index in [-0.39, 0.29) is 15.8 Å². The minimum Gasteiger partial charge on any atom is -0.545 e. The van der Waals surface area contributed by atoms with E-state index in [0.29, 0.717) is 11.3 Å². The number of halogens is 2. The molecule has 0 atom stereocenters. The molecule has 6 heteroatoms. The minimum absolute atomic E-state index is 0.199. The standard InChI is InChI=1S/C13H8Br2O4/c1-6(13(17)18)11-10(16)9(15)12(19-11)7-2-4-8(14)5-3-7/h2-5H,1H3,(H,17,18)/p-1. The maximum Gasteiger partial charge on any atom is 0.239 e. The maximum atomic E-state index is 11.9. The van der Waals surface area contributed by atoms with Crippen molar-refractivity contribution in [2.24, 2.45) is 0 Å². The number of ether oxygens (including phenoxy) is 1. The van der Waals surface area contributed by atoms with Gasteiger partial charge in [0.1, 0.15) is 4.48 Å². The highest BCUT2D eigenvalue weighted by Gasteiger charge is 2.31. The molecule has 0 radical (unpaired) electrons. The number of hydrogen-bond acceptors (Lipinski definition) is 4. The van der Waals surface area contributed by atoms with Crippen LogP contribution in [0.2, 0.25) is 0 Å². The van der Waals surface area contributed by atoms with Crippen LogP contribution in [0.25, 0.3) is 5.76 Å². The number of carbonyl (C=O) groups is 2. The van der Waals surface area contributed by atoms with Crippen LogP contribution in [0.1, 0.15) is 12.5 Å². The van der Waals surface area contributed by atoms with Gasteiger partial charge in [-0.3, -0.25) is 4.79 Å². The third kappa shape index (κ3) is 2.64. The molecule has 19 heavy (non-hydrogen) atoms. The van der Waals surface area contributed by atoms with Crippen molar-refractivity contribution in [2.75, 3.05) is 0 Å². The first-order valence-electron chi connectivity index (χ1n) is 5.22. The van der Waals surface area contributed by atoms with Gasteiger partial charge in [0, 0.05) is 15.6 Å². The van der Waals surface area contributed by atoms with Crippen molar-refractivity contribution >= 4 is 49.4 Å². The highest BCUT2D eigenvalue weighted by atomic mass is 79.9. The first-order chi connectivity index (χ1) is 8.91. The predicted octanol–water partition coefficient (Wildman–Crippen LogP) is 2.14. The molecule has 0 aliphatic carbocycles. The van der Waals surface area contributed by atoms with Crippen molar-refractivity contribution < 1.29 is 19.4 Å². The second kappa shape index (κ2) is 5.30. The predicted molar refractivity (Wildman–Crippen MR) is 73.8 cm³/mol. The summed E-state index contributed by atoms with van der Waals surface area (Å²) in [5, 5.41) is 10.8. The van der Waals surface area contributed by atoms with Crippen LogP contribution >= 0.6 is 31.9 Å². The van der Waals surface area contributed by atoms with E-state index < -0.39 is 11.8 Å². The molecule has 1 aliphatic heterocycles. The van der Waals surface area contributed by atoms with E-state index in [1.807, 2.05) is 0 Å². The average Bonchev–Trinajstić information content (AvgIpc) is 2.67. The smallest absolute Gasteiger partial charge is 0.239 e. The van der Waals surface area contributed by atoms with Crippen LogP contribution < -0.4 is 5.11 Å². The molecule has 0 spiro atoms. The normalized spacial score (nSPS) is 17.5. The van der Waals surface area contributed by atoms with Gasteiger partial charge in [0.25, 0.3) is 0 Å². The van der Waals surface area contributed by atoms with E-state index >= 15 is 0 Å². The van der Waals surface area contributed by atoms with E-state index in [1.165, 1.54) is 6.92 Å². The summed E-state index contributed by atoms with van der Waals surface area (Å²) in [4.78, 5) is 22.7. The average molecular weight is 387 g/mol. The Bertz CT molecular complexity index is 627. The molecule has 0 saturated carbocycles. The van der Waals surface area contributed by atoms with Crippen LogP contribution in [0.4, 0.5) is 0 Å². The number of ketones is 1. The van der Waals surface area contributed by atoms with Gasteiger partial charge in [0.05, 0.1) is 5.97 Å². The Labute approximate surface area is 126 Å². The van der Waals surface area contributed by atoms with Gasteiger partial charge in [-0.2, -0.15) is 0 Å². The number of carboxylic acids is 1. The Morgan fingerprint density at radius 2 is 1.79 bits per heavy atom. The summed E-state index contributed by atoms with van der Waals surface area (Å²) in [5.74, 6) is -1.85. The number of carbonyl (C=O) groups excluding carboxylic acids is 2. The molecule has 1 aromatic carbocycles. The van der Waals surface area contributed by atoms with Gasteiger partial charge in [-0.25, -0.2) is 0 Å². The van der Waals surface area contributed by atoms with Crippen molar-refractivity contribution in [2.45, 2.75) is 6.92 Å². The van der Waals surface area contributed by atoms with Crippen LogP contribution in [-0.4, -0.2) is 11.8 Å². The molecule has 0 bridgehead atoms. The molecule has 1 aliphatic rings. The summed E-state index contributed by atoms with van der Waals surface area (Å²) >= 11 is 6.43. The third-order valence-corrected chi connectivity index (χ3v) is 3.81. The van der Waals surface area contributed by atoms with E-state index in [4.69, 9.17) is 4.74 Å². The lowest BCUT2D eigenvalue weighted by Gasteiger charge is -2.08. The zero-order chi connectivity index (χ0) is 14.2. The lowest BCUT2D eigenvalue weighted by molar-refractivity contribution is -0.299. The minimum atomic E-state index is -1.43. The van der Waals surface area contributed by atoms with E-state index in [0.717, 1.165) is 4.47 Å². The molecule has 0 fully saturated rings. The van der Waals surface area contributed by atoms with Gasteiger partial charge in [0.2, 0.25) is 5.78 Å². The largest absolute Gasteiger partial charge is 0.545 e. The fraction of sp³-hybridized carbons (Fsp3) is 0.0769. The summed E-state index contributed by atoms with van der Waals surface area (Å²) in [6.45, 7) is 1.27. The van der Waals surface area contributed by atoms with Gasteiger partial charge in [-0.1, -0.05) is 28.1 Å². The summed E-state index contributed by atoms with van der Waals surface area (Å²) in [6.07, 6.45) is 0. The molecule has 2 rings (SSSR count). The Morgan fingerprint density at radius 3 is 2.32 bits per heavy atom. The van der Waals surface area contributed by atoms with Crippen LogP contribution in [0.3, 0.4) is 0 Å². The quantitative estimate of drug-likeness (QED) is 0.730. The number of Topliss-reactive ketones (excluding diaryl/α,β-unsaturated/α-hetero) is 1. The van der Waals surface area contributed by atoms with Crippen molar-refractivity contribution in [1.29, 1.82) is 0 Å². The first-order valence-corrected chi connectivity index (χ1v) is 6.81. The number of hydrogen-bond donors (Lipinski definition) is 0. The maximum absolute atomic E-state index is 11.9. The van der Waals surface area contributed by atoms with Crippen LogP contribution in [0.15, 0.2) is 44.6 Å². The fourth-order valence-electron chi connectivity index (χ4n) is 1.52. The highest BCUT2D eigenvalue weighted by molar-refractivity contribution is 9.12. The van der Waals surface area contributed by atoms with Gasteiger partial charge in [-0.15, -0.1) is 0 Å². The molecular formula is C13H7Br2O4-. The lowest BCUT2D eigenvalue weighted by Crippen LogP contribution is -2.25. The summed E-state index contributed by atoms with van der Waals surface area (Å²) in [5.41, 5.74) is 0.443. The topological polar surface area (TPSA) is 66.4 Å². The van der Waals surface area contributed by atoms with Gasteiger partial charge < -0.3 is 14.6 Å². The van der Waals surface area contributed by atoms with Crippen LogP contribution in [0.5, 0.6) is 0 Å². The third-order valence-electron chi connectivity index (χ3n) is 2.56. The summed E-state index contributed by atoms with van der Waals surface area (Å²) in [7, 11) is 0. The Hall–Kier alpha value is -1.40. The summed E-state index contributed by atoms with van der Waals surface area (Å²) < 4.78 is 6.45. The zero-order valence-corrected chi connectivity index (χ0v) is 12.9. The number of aliphatic carboxylic acids is 1. The SMILES string of the molecule is CC(C(=O)[O-])=C1OC(c2ccc(Br)cc2)=C(Br)C1=O. The van der Waals surface area contributed by atoms with Crippen LogP contribution in [-0.2, 0) is 14.3 Å². The van der Waals surface area contributed by atoms with E-state index in [2.05, 4.69) is 31.9 Å². The number of allylic oxidation sites excluding steroid dienone is 1. The Balaban J connectivity index is 2.45. The molecule has 4 nitrogen and oxygen atoms in total. The Morgan fingerprint density at radius 1 is 1.21 bits per heavy atom. The highest BCUT2D eigenvalue weighted by Crippen LogP contribution is 2.37.